The van der Waals surface area contributed by atoms with E-state index in [2.05, 4.69) is 21.2 Å². The molecule has 0 bridgehead atoms. The Morgan fingerprint density at radius 2 is 2.00 bits per heavy atom. The van der Waals surface area contributed by atoms with Crippen LogP contribution in [0.2, 0.25) is 5.02 Å². The Labute approximate surface area is 137 Å². The lowest BCUT2D eigenvalue weighted by Gasteiger charge is -2.16. The Kier molecular flexibility index (Phi) is 5.26. The summed E-state index contributed by atoms with van der Waals surface area (Å²) in [7, 11) is 0. The fourth-order valence-electron chi connectivity index (χ4n) is 1.78. The second kappa shape index (κ2) is 6.96. The maximum absolute atomic E-state index is 12.2. The van der Waals surface area contributed by atoms with Crippen LogP contribution in [0.4, 0.5) is 5.69 Å². The van der Waals surface area contributed by atoms with Gasteiger partial charge >= 0.3 is 0 Å². The van der Waals surface area contributed by atoms with E-state index in [4.69, 9.17) is 16.3 Å². The minimum Gasteiger partial charge on any atom is -0.481 e. The average molecular weight is 369 g/mol. The lowest BCUT2D eigenvalue weighted by Crippen LogP contribution is -2.30. The molecule has 21 heavy (non-hydrogen) atoms. The van der Waals surface area contributed by atoms with Gasteiger partial charge in [0, 0.05) is 15.2 Å². The first-order valence-electron chi connectivity index (χ1n) is 6.45. The summed E-state index contributed by atoms with van der Waals surface area (Å²) >= 11 is 9.40. The van der Waals surface area contributed by atoms with Crippen LogP contribution in [0.1, 0.15) is 12.5 Å². The van der Waals surface area contributed by atoms with E-state index in [1.54, 1.807) is 25.1 Å². The van der Waals surface area contributed by atoms with E-state index < -0.39 is 6.10 Å². The monoisotopic (exact) mass is 367 g/mol. The van der Waals surface area contributed by atoms with E-state index in [1.165, 1.54) is 0 Å². The molecule has 1 atom stereocenters. The number of hydrogen-bond acceptors (Lipinski definition) is 2. The summed E-state index contributed by atoms with van der Waals surface area (Å²) in [4.78, 5) is 12.2. The van der Waals surface area contributed by atoms with Crippen LogP contribution in [-0.2, 0) is 4.79 Å². The number of carbonyl (C=O) groups is 1. The molecule has 1 amide bonds. The Morgan fingerprint density at radius 3 is 2.71 bits per heavy atom. The molecule has 0 aliphatic carbocycles. The highest BCUT2D eigenvalue weighted by Gasteiger charge is 2.16. The normalized spacial score (nSPS) is 11.8. The molecule has 110 valence electrons. The maximum atomic E-state index is 12.2. The summed E-state index contributed by atoms with van der Waals surface area (Å²) in [5.41, 5.74) is 1.53. The molecule has 0 saturated heterocycles. The van der Waals surface area contributed by atoms with Gasteiger partial charge in [0.2, 0.25) is 0 Å². The summed E-state index contributed by atoms with van der Waals surface area (Å²) < 4.78 is 6.53. The summed E-state index contributed by atoms with van der Waals surface area (Å²) in [6.07, 6.45) is -0.613. The number of hydrogen-bond donors (Lipinski definition) is 1. The van der Waals surface area contributed by atoms with Gasteiger partial charge in [-0.05, 0) is 49.7 Å². The molecule has 1 N–H and O–H groups in total. The van der Waals surface area contributed by atoms with E-state index in [0.717, 1.165) is 10.0 Å². The zero-order valence-corrected chi connectivity index (χ0v) is 14.0. The predicted molar refractivity (Wildman–Crippen MR) is 89.1 cm³/mol. The fraction of sp³-hybridized carbons (Fsp3) is 0.188. The number of amides is 1. The number of ether oxygens (including phenoxy) is 1. The van der Waals surface area contributed by atoms with Gasteiger partial charge in [0.25, 0.3) is 5.91 Å². The standard InChI is InChI=1S/C16H15BrClNO2/c1-10-14(18)7-4-8-15(10)19-16(20)11(2)21-13-6-3-5-12(17)9-13/h3-9,11H,1-2H3,(H,19,20)/t11-/m1/s1. The minimum absolute atomic E-state index is 0.222. The second-order valence-electron chi connectivity index (χ2n) is 4.62. The van der Waals surface area contributed by atoms with Gasteiger partial charge in [0.15, 0.2) is 6.10 Å². The third-order valence-corrected chi connectivity index (χ3v) is 3.91. The first-order valence-corrected chi connectivity index (χ1v) is 7.62. The number of carbonyl (C=O) groups excluding carboxylic acids is 1. The molecule has 2 rings (SSSR count). The van der Waals surface area contributed by atoms with Crippen LogP contribution in [0, 0.1) is 6.92 Å². The lowest BCUT2D eigenvalue weighted by atomic mass is 10.2. The van der Waals surface area contributed by atoms with Gasteiger partial charge in [-0.1, -0.05) is 39.7 Å². The molecule has 0 radical (unpaired) electrons. The number of anilines is 1. The molecule has 2 aromatic carbocycles. The molecule has 3 nitrogen and oxygen atoms in total. The molecule has 0 fully saturated rings. The second-order valence-corrected chi connectivity index (χ2v) is 5.94. The van der Waals surface area contributed by atoms with Gasteiger partial charge in [-0.25, -0.2) is 0 Å². The molecule has 0 spiro atoms. The number of rotatable bonds is 4. The SMILES string of the molecule is Cc1c(Cl)cccc1NC(=O)[C@@H](C)Oc1cccc(Br)c1. The Balaban J connectivity index is 2.04. The molecule has 0 aliphatic rings. The third kappa shape index (κ3) is 4.22. The molecule has 5 heteroatoms. The van der Waals surface area contributed by atoms with Crippen LogP contribution >= 0.6 is 27.5 Å². The Morgan fingerprint density at radius 1 is 1.29 bits per heavy atom. The summed E-state index contributed by atoms with van der Waals surface area (Å²) in [5.74, 6) is 0.412. The van der Waals surface area contributed by atoms with Crippen molar-refractivity contribution in [1.29, 1.82) is 0 Å². The highest BCUT2D eigenvalue weighted by atomic mass is 79.9. The number of benzene rings is 2. The van der Waals surface area contributed by atoms with Crippen molar-refractivity contribution in [3.63, 3.8) is 0 Å². The van der Waals surface area contributed by atoms with E-state index in [-0.39, 0.29) is 5.91 Å². The Bertz CT molecular complexity index is 660. The van der Waals surface area contributed by atoms with Crippen LogP contribution in [0.3, 0.4) is 0 Å². The van der Waals surface area contributed by atoms with Crippen LogP contribution < -0.4 is 10.1 Å². The molecule has 0 aromatic heterocycles. The van der Waals surface area contributed by atoms with E-state index in [9.17, 15) is 4.79 Å². The van der Waals surface area contributed by atoms with Gasteiger partial charge in [-0.2, -0.15) is 0 Å². The molecular formula is C16H15BrClNO2. The molecule has 0 heterocycles. The fourth-order valence-corrected chi connectivity index (χ4v) is 2.33. The highest BCUT2D eigenvalue weighted by Crippen LogP contribution is 2.23. The smallest absolute Gasteiger partial charge is 0.265 e. The highest BCUT2D eigenvalue weighted by molar-refractivity contribution is 9.10. The zero-order chi connectivity index (χ0) is 15.4. The quantitative estimate of drug-likeness (QED) is 0.840. The summed E-state index contributed by atoms with van der Waals surface area (Å²) in [5, 5.41) is 3.44. The van der Waals surface area contributed by atoms with Crippen molar-refractivity contribution in [1.82, 2.24) is 0 Å². The first kappa shape index (κ1) is 15.9. The third-order valence-electron chi connectivity index (χ3n) is 3.00. The summed E-state index contributed by atoms with van der Waals surface area (Å²) in [6, 6.07) is 12.8. The summed E-state index contributed by atoms with van der Waals surface area (Å²) in [6.45, 7) is 3.56. The van der Waals surface area contributed by atoms with Gasteiger partial charge in [-0.3, -0.25) is 4.79 Å². The van der Waals surface area contributed by atoms with Crippen molar-refractivity contribution in [2.45, 2.75) is 20.0 Å². The Hall–Kier alpha value is -1.52. The number of nitrogens with one attached hydrogen (secondary N) is 1. The van der Waals surface area contributed by atoms with E-state index >= 15 is 0 Å². The maximum Gasteiger partial charge on any atom is 0.265 e. The van der Waals surface area contributed by atoms with Gasteiger partial charge in [0.05, 0.1) is 0 Å². The largest absolute Gasteiger partial charge is 0.481 e. The number of halogens is 2. The van der Waals surface area contributed by atoms with Crippen molar-refractivity contribution >= 4 is 39.1 Å². The zero-order valence-electron chi connectivity index (χ0n) is 11.7. The molecule has 0 saturated carbocycles. The average Bonchev–Trinajstić information content (AvgIpc) is 2.44. The predicted octanol–water partition coefficient (Wildman–Crippen LogP) is 4.82. The van der Waals surface area contributed by atoms with Crippen molar-refractivity contribution in [3.8, 4) is 5.75 Å². The van der Waals surface area contributed by atoms with Crippen molar-refractivity contribution in [2.24, 2.45) is 0 Å². The van der Waals surface area contributed by atoms with Crippen LogP contribution in [0.25, 0.3) is 0 Å². The minimum atomic E-state index is -0.613. The molecule has 2 aromatic rings. The van der Waals surface area contributed by atoms with E-state index in [0.29, 0.717) is 16.5 Å². The lowest BCUT2D eigenvalue weighted by molar-refractivity contribution is -0.122. The van der Waals surface area contributed by atoms with Crippen molar-refractivity contribution in [2.75, 3.05) is 5.32 Å². The molecular weight excluding hydrogens is 354 g/mol. The van der Waals surface area contributed by atoms with Crippen molar-refractivity contribution < 1.29 is 9.53 Å². The molecule has 0 aliphatic heterocycles. The molecule has 0 unspecified atom stereocenters. The topological polar surface area (TPSA) is 38.3 Å². The van der Waals surface area contributed by atoms with Gasteiger partial charge < -0.3 is 10.1 Å². The van der Waals surface area contributed by atoms with Gasteiger partial charge in [0.1, 0.15) is 5.75 Å². The van der Waals surface area contributed by atoms with E-state index in [1.807, 2.05) is 31.2 Å². The van der Waals surface area contributed by atoms with Crippen LogP contribution in [0.15, 0.2) is 46.9 Å². The van der Waals surface area contributed by atoms with Crippen LogP contribution in [0.5, 0.6) is 5.75 Å². The first-order chi connectivity index (χ1) is 9.97. The van der Waals surface area contributed by atoms with Crippen LogP contribution in [-0.4, -0.2) is 12.0 Å². The van der Waals surface area contributed by atoms with Gasteiger partial charge in [-0.15, -0.1) is 0 Å². The van der Waals surface area contributed by atoms with Crippen molar-refractivity contribution in [3.05, 3.63) is 57.5 Å².